The van der Waals surface area contributed by atoms with Gasteiger partial charge in [-0.3, -0.25) is 9.79 Å². The Morgan fingerprint density at radius 3 is 2.68 bits per heavy atom. The molecule has 3 rings (SSSR count). The Kier molecular flexibility index (Phi) is 5.06. The summed E-state index contributed by atoms with van der Waals surface area (Å²) in [4.78, 5) is 32.3. The fourth-order valence-corrected chi connectivity index (χ4v) is 3.07. The maximum atomic E-state index is 12.2. The van der Waals surface area contributed by atoms with Crippen molar-refractivity contribution in [1.82, 2.24) is 20.4 Å². The lowest BCUT2D eigenvalue weighted by molar-refractivity contribution is -0.122. The maximum absolute atomic E-state index is 12.2. The van der Waals surface area contributed by atoms with E-state index < -0.39 is 5.60 Å². The molecule has 0 radical (unpaired) electrons. The number of ether oxygens (including phenoxy) is 1. The topological polar surface area (TPSA) is 86.3 Å². The summed E-state index contributed by atoms with van der Waals surface area (Å²) in [6, 6.07) is 0.199. The third-order valence-electron chi connectivity index (χ3n) is 4.51. The molecule has 1 unspecified atom stereocenters. The van der Waals surface area contributed by atoms with E-state index in [0.717, 1.165) is 25.3 Å². The molecule has 2 aliphatic heterocycles. The van der Waals surface area contributed by atoms with Gasteiger partial charge >= 0.3 is 6.09 Å². The van der Waals surface area contributed by atoms with Gasteiger partial charge in [-0.1, -0.05) is 0 Å². The van der Waals surface area contributed by atoms with Crippen molar-refractivity contribution >= 4 is 18.0 Å². The van der Waals surface area contributed by atoms with Crippen LogP contribution >= 0.6 is 0 Å². The molecule has 1 saturated carbocycles. The Morgan fingerprint density at radius 2 is 2.00 bits per heavy atom. The van der Waals surface area contributed by atoms with Crippen LogP contribution in [0.2, 0.25) is 0 Å². The third-order valence-corrected chi connectivity index (χ3v) is 4.51. The quantitative estimate of drug-likeness (QED) is 0.716. The first kappa shape index (κ1) is 17.8. The molecular formula is C17H29N5O3. The first-order valence-electron chi connectivity index (χ1n) is 9.14. The Hall–Kier alpha value is -1.99. The zero-order valence-corrected chi connectivity index (χ0v) is 15.4. The van der Waals surface area contributed by atoms with Crippen LogP contribution in [0.4, 0.5) is 4.79 Å². The van der Waals surface area contributed by atoms with E-state index in [4.69, 9.17) is 4.74 Å². The van der Waals surface area contributed by atoms with Crippen LogP contribution in [-0.2, 0) is 9.53 Å². The fraction of sp³-hybridized carbons (Fsp3) is 0.824. The number of carbonyl (C=O) groups is 2. The van der Waals surface area contributed by atoms with Crippen LogP contribution in [0.25, 0.3) is 0 Å². The highest BCUT2D eigenvalue weighted by atomic mass is 16.6. The van der Waals surface area contributed by atoms with E-state index >= 15 is 0 Å². The van der Waals surface area contributed by atoms with Gasteiger partial charge in [0.1, 0.15) is 5.60 Å². The molecule has 1 aliphatic carbocycles. The molecule has 1 saturated heterocycles. The first-order chi connectivity index (χ1) is 11.8. The molecule has 8 nitrogen and oxygen atoms in total. The Morgan fingerprint density at radius 1 is 1.24 bits per heavy atom. The van der Waals surface area contributed by atoms with E-state index in [2.05, 4.69) is 20.5 Å². The lowest BCUT2D eigenvalue weighted by Crippen LogP contribution is -2.57. The molecule has 0 aromatic heterocycles. The number of carbonyl (C=O) groups excluding carboxylic acids is 2. The van der Waals surface area contributed by atoms with Crippen LogP contribution < -0.4 is 10.6 Å². The molecule has 1 atom stereocenters. The predicted molar refractivity (Wildman–Crippen MR) is 94.3 cm³/mol. The van der Waals surface area contributed by atoms with E-state index in [0.29, 0.717) is 32.7 Å². The summed E-state index contributed by atoms with van der Waals surface area (Å²) in [5, 5.41) is 6.24. The number of nitrogens with zero attached hydrogens (tertiary/aromatic N) is 3. The number of rotatable bonds is 4. The minimum atomic E-state index is -0.474. The number of fused-ring (bicyclic) bond motifs is 1. The summed E-state index contributed by atoms with van der Waals surface area (Å²) in [7, 11) is 0. The summed E-state index contributed by atoms with van der Waals surface area (Å²) >= 11 is 0. The average molecular weight is 351 g/mol. The standard InChI is InChI=1S/C17H29N5O3/c1-17(2,3)25-16(24)21-8-9-22-13(11-21)10-20-15(22)19-7-6-18-14(23)12-4-5-12/h12-13H,4-11H2,1-3H3,(H,18,23)(H,19,20). The predicted octanol–water partition coefficient (Wildman–Crippen LogP) is 0.393. The lowest BCUT2D eigenvalue weighted by Gasteiger charge is -2.39. The van der Waals surface area contributed by atoms with Crippen LogP contribution in [0, 0.1) is 5.92 Å². The van der Waals surface area contributed by atoms with E-state index in [1.807, 2.05) is 20.8 Å². The van der Waals surface area contributed by atoms with Gasteiger partial charge < -0.3 is 25.2 Å². The molecule has 2 heterocycles. The smallest absolute Gasteiger partial charge is 0.410 e. The zero-order chi connectivity index (χ0) is 18.0. The van der Waals surface area contributed by atoms with Crippen LogP contribution in [0.3, 0.4) is 0 Å². The molecule has 25 heavy (non-hydrogen) atoms. The van der Waals surface area contributed by atoms with Gasteiger partial charge in [0, 0.05) is 38.6 Å². The summed E-state index contributed by atoms with van der Waals surface area (Å²) in [5.41, 5.74) is -0.474. The lowest BCUT2D eigenvalue weighted by atomic mass is 10.2. The second kappa shape index (κ2) is 7.09. The SMILES string of the molecule is CC(C)(C)OC(=O)N1CCN2C(NCCNC(=O)C3CC3)=NCC2C1. The zero-order valence-electron chi connectivity index (χ0n) is 15.4. The number of guanidine groups is 1. The molecule has 2 amide bonds. The van der Waals surface area contributed by atoms with Gasteiger partial charge in [0.15, 0.2) is 5.96 Å². The molecule has 0 spiro atoms. The number of nitrogens with one attached hydrogen (secondary N) is 2. The van der Waals surface area contributed by atoms with E-state index in [-0.39, 0.29) is 24.0 Å². The molecule has 0 bridgehead atoms. The van der Waals surface area contributed by atoms with Crippen molar-refractivity contribution in [2.75, 3.05) is 39.3 Å². The molecule has 0 aromatic carbocycles. The van der Waals surface area contributed by atoms with Gasteiger partial charge in [0.2, 0.25) is 5.91 Å². The summed E-state index contributed by atoms with van der Waals surface area (Å²) < 4.78 is 5.45. The third kappa shape index (κ3) is 4.76. The van der Waals surface area contributed by atoms with Crippen LogP contribution in [0.15, 0.2) is 4.99 Å². The van der Waals surface area contributed by atoms with Gasteiger partial charge in [0.05, 0.1) is 12.6 Å². The minimum absolute atomic E-state index is 0.166. The average Bonchev–Trinajstić information content (AvgIpc) is 3.31. The highest BCUT2D eigenvalue weighted by molar-refractivity contribution is 5.83. The van der Waals surface area contributed by atoms with Gasteiger partial charge in [-0.15, -0.1) is 0 Å². The van der Waals surface area contributed by atoms with Crippen molar-refractivity contribution in [3.05, 3.63) is 0 Å². The molecule has 2 fully saturated rings. The Labute approximate surface area is 149 Å². The highest BCUT2D eigenvalue weighted by Gasteiger charge is 2.36. The van der Waals surface area contributed by atoms with Gasteiger partial charge in [-0.2, -0.15) is 0 Å². The first-order valence-corrected chi connectivity index (χ1v) is 9.14. The molecular weight excluding hydrogens is 322 g/mol. The molecule has 2 N–H and O–H groups in total. The van der Waals surface area contributed by atoms with E-state index in [9.17, 15) is 9.59 Å². The number of amides is 2. The molecule has 0 aromatic rings. The van der Waals surface area contributed by atoms with Crippen LogP contribution in [0.5, 0.6) is 0 Å². The van der Waals surface area contributed by atoms with Crippen LogP contribution in [-0.4, -0.2) is 78.7 Å². The Balaban J connectivity index is 1.39. The van der Waals surface area contributed by atoms with Crippen molar-refractivity contribution < 1.29 is 14.3 Å². The number of hydrogen-bond acceptors (Lipinski definition) is 6. The number of aliphatic imine (C=N–C) groups is 1. The summed E-state index contributed by atoms with van der Waals surface area (Å²) in [5.74, 6) is 1.28. The van der Waals surface area contributed by atoms with Crippen molar-refractivity contribution in [1.29, 1.82) is 0 Å². The van der Waals surface area contributed by atoms with Gasteiger partial charge in [0.25, 0.3) is 0 Å². The second-order valence-corrected chi connectivity index (χ2v) is 7.93. The van der Waals surface area contributed by atoms with E-state index in [1.165, 1.54) is 0 Å². The normalized spacial score (nSPS) is 23.0. The van der Waals surface area contributed by atoms with Gasteiger partial charge in [-0.25, -0.2) is 4.79 Å². The molecule has 140 valence electrons. The monoisotopic (exact) mass is 351 g/mol. The number of piperazine rings is 1. The Bertz CT molecular complexity index is 553. The van der Waals surface area contributed by atoms with Crippen molar-refractivity contribution in [3.8, 4) is 0 Å². The van der Waals surface area contributed by atoms with Gasteiger partial charge in [-0.05, 0) is 33.6 Å². The van der Waals surface area contributed by atoms with Crippen LogP contribution in [0.1, 0.15) is 33.6 Å². The molecule has 8 heteroatoms. The molecule has 3 aliphatic rings. The minimum Gasteiger partial charge on any atom is -0.444 e. The number of hydrogen-bond donors (Lipinski definition) is 2. The van der Waals surface area contributed by atoms with Crippen molar-refractivity contribution in [3.63, 3.8) is 0 Å². The van der Waals surface area contributed by atoms with E-state index in [1.54, 1.807) is 4.90 Å². The second-order valence-electron chi connectivity index (χ2n) is 7.93. The maximum Gasteiger partial charge on any atom is 0.410 e. The largest absolute Gasteiger partial charge is 0.444 e. The fourth-order valence-electron chi connectivity index (χ4n) is 3.07. The van der Waals surface area contributed by atoms with Crippen molar-refractivity contribution in [2.45, 2.75) is 45.3 Å². The summed E-state index contributed by atoms with van der Waals surface area (Å²) in [6.45, 7) is 9.58. The van der Waals surface area contributed by atoms with Crippen molar-refractivity contribution in [2.24, 2.45) is 10.9 Å². The highest BCUT2D eigenvalue weighted by Crippen LogP contribution is 2.28. The summed E-state index contributed by atoms with van der Waals surface area (Å²) in [6.07, 6.45) is 1.79.